The molecular formula is C20H40O2. The highest BCUT2D eigenvalue weighted by Crippen LogP contribution is 2.23. The second kappa shape index (κ2) is 14.5. The number of hydrogen-bond donors (Lipinski definition) is 1. The van der Waals surface area contributed by atoms with Gasteiger partial charge in [0.2, 0.25) is 0 Å². The molecular weight excluding hydrogens is 272 g/mol. The summed E-state index contributed by atoms with van der Waals surface area (Å²) >= 11 is 0. The second-order valence-electron chi connectivity index (χ2n) is 7.17. The van der Waals surface area contributed by atoms with Gasteiger partial charge in [-0.2, -0.15) is 0 Å². The van der Waals surface area contributed by atoms with E-state index in [0.29, 0.717) is 6.10 Å². The summed E-state index contributed by atoms with van der Waals surface area (Å²) < 4.78 is 5.77. The third-order valence-electron chi connectivity index (χ3n) is 5.03. The molecule has 0 spiro atoms. The van der Waals surface area contributed by atoms with E-state index in [-0.39, 0.29) is 12.7 Å². The predicted octanol–water partition coefficient (Wildman–Crippen LogP) is 6.01. The molecule has 0 saturated carbocycles. The van der Waals surface area contributed by atoms with Crippen LogP contribution in [0.25, 0.3) is 0 Å². The summed E-state index contributed by atoms with van der Waals surface area (Å²) in [6, 6.07) is 0. The topological polar surface area (TPSA) is 29.5 Å². The highest BCUT2D eigenvalue weighted by Gasteiger charge is 2.23. The zero-order chi connectivity index (χ0) is 15.9. The summed E-state index contributed by atoms with van der Waals surface area (Å²) in [6.07, 6.45) is 22.4. The summed E-state index contributed by atoms with van der Waals surface area (Å²) in [6.45, 7) is 2.49. The summed E-state index contributed by atoms with van der Waals surface area (Å²) in [4.78, 5) is 0. The van der Waals surface area contributed by atoms with Gasteiger partial charge in [0.25, 0.3) is 0 Å². The Morgan fingerprint density at radius 3 is 1.59 bits per heavy atom. The maximum absolute atomic E-state index is 9.04. The molecule has 0 aromatic rings. The first-order valence-electron chi connectivity index (χ1n) is 10.1. The molecule has 1 N–H and O–H groups in total. The molecule has 2 nitrogen and oxygen atoms in total. The number of ether oxygens (including phenoxy) is 1. The largest absolute Gasteiger partial charge is 0.394 e. The first-order valence-corrected chi connectivity index (χ1v) is 10.1. The predicted molar refractivity (Wildman–Crippen MR) is 95.3 cm³/mol. The van der Waals surface area contributed by atoms with Crippen molar-refractivity contribution in [3.05, 3.63) is 0 Å². The zero-order valence-electron chi connectivity index (χ0n) is 15.0. The molecule has 1 aliphatic heterocycles. The van der Waals surface area contributed by atoms with Crippen molar-refractivity contribution in [1.82, 2.24) is 0 Å². The van der Waals surface area contributed by atoms with Crippen molar-refractivity contribution in [2.45, 2.75) is 122 Å². The van der Waals surface area contributed by atoms with Crippen LogP contribution < -0.4 is 0 Å². The lowest BCUT2D eigenvalue weighted by atomic mass is 10.0. The molecule has 1 rings (SSSR count). The Kier molecular flexibility index (Phi) is 13.2. The van der Waals surface area contributed by atoms with E-state index in [2.05, 4.69) is 6.92 Å². The third-order valence-corrected chi connectivity index (χ3v) is 5.03. The highest BCUT2D eigenvalue weighted by atomic mass is 16.5. The third kappa shape index (κ3) is 10.6. The van der Waals surface area contributed by atoms with Crippen LogP contribution in [0, 0.1) is 0 Å². The average molecular weight is 313 g/mol. The van der Waals surface area contributed by atoms with E-state index in [0.717, 1.165) is 12.8 Å². The Hall–Kier alpha value is -0.0800. The van der Waals surface area contributed by atoms with Crippen LogP contribution in [-0.2, 0) is 4.74 Å². The number of rotatable bonds is 15. The average Bonchev–Trinajstić information content (AvgIpc) is 3.00. The molecule has 0 amide bonds. The molecule has 22 heavy (non-hydrogen) atoms. The number of aliphatic hydroxyl groups excluding tert-OH is 1. The number of aliphatic hydroxyl groups is 1. The Bertz CT molecular complexity index is 230. The molecule has 2 heteroatoms. The molecule has 1 heterocycles. The van der Waals surface area contributed by atoms with Crippen molar-refractivity contribution in [3.8, 4) is 0 Å². The summed E-state index contributed by atoms with van der Waals surface area (Å²) in [5.41, 5.74) is 0. The van der Waals surface area contributed by atoms with Crippen LogP contribution in [0.1, 0.15) is 110 Å². The fourth-order valence-corrected chi connectivity index (χ4v) is 3.52. The lowest BCUT2D eigenvalue weighted by Crippen LogP contribution is -2.14. The summed E-state index contributed by atoms with van der Waals surface area (Å²) in [7, 11) is 0. The monoisotopic (exact) mass is 312 g/mol. The number of unbranched alkanes of at least 4 members (excludes halogenated alkanes) is 12. The van der Waals surface area contributed by atoms with E-state index in [1.807, 2.05) is 0 Å². The quantitative estimate of drug-likeness (QED) is 0.375. The molecule has 1 fully saturated rings. The van der Waals surface area contributed by atoms with Crippen molar-refractivity contribution in [1.29, 1.82) is 0 Å². The molecule has 132 valence electrons. The van der Waals surface area contributed by atoms with Gasteiger partial charge in [-0.1, -0.05) is 90.4 Å². The molecule has 0 aromatic heterocycles. The summed E-state index contributed by atoms with van der Waals surface area (Å²) in [5.74, 6) is 0. The van der Waals surface area contributed by atoms with Gasteiger partial charge in [-0.25, -0.2) is 0 Å². The minimum atomic E-state index is 0.131. The van der Waals surface area contributed by atoms with Crippen molar-refractivity contribution < 1.29 is 9.84 Å². The Balaban J connectivity index is 1.72. The van der Waals surface area contributed by atoms with Crippen molar-refractivity contribution in [2.75, 3.05) is 6.61 Å². The first kappa shape index (κ1) is 20.0. The van der Waals surface area contributed by atoms with Gasteiger partial charge in [0.05, 0.1) is 18.8 Å². The fourth-order valence-electron chi connectivity index (χ4n) is 3.52. The Labute approximate surface area is 139 Å². The van der Waals surface area contributed by atoms with Gasteiger partial charge in [-0.05, 0) is 19.3 Å². The molecule has 1 saturated heterocycles. The molecule has 0 aromatic carbocycles. The van der Waals surface area contributed by atoms with Crippen LogP contribution in [0.15, 0.2) is 0 Å². The lowest BCUT2D eigenvalue weighted by molar-refractivity contribution is 0.00758. The standard InChI is InChI=1S/C20H40O2/c1-2-3-4-5-6-7-8-9-10-11-12-13-14-15-19-16-17-20(18-21)22-19/h19-21H,2-18H2,1H3/t19-,20-/m0/s1. The van der Waals surface area contributed by atoms with Crippen LogP contribution in [0.2, 0.25) is 0 Å². The van der Waals surface area contributed by atoms with Crippen LogP contribution in [-0.4, -0.2) is 23.9 Å². The summed E-state index contributed by atoms with van der Waals surface area (Å²) in [5, 5.41) is 9.04. The Morgan fingerprint density at radius 2 is 1.14 bits per heavy atom. The highest BCUT2D eigenvalue weighted by molar-refractivity contribution is 4.72. The second-order valence-corrected chi connectivity index (χ2v) is 7.17. The van der Waals surface area contributed by atoms with E-state index in [9.17, 15) is 0 Å². The van der Waals surface area contributed by atoms with Gasteiger partial charge >= 0.3 is 0 Å². The minimum Gasteiger partial charge on any atom is -0.394 e. The van der Waals surface area contributed by atoms with E-state index >= 15 is 0 Å². The van der Waals surface area contributed by atoms with Crippen LogP contribution in [0.5, 0.6) is 0 Å². The molecule has 0 bridgehead atoms. The Morgan fingerprint density at radius 1 is 0.682 bits per heavy atom. The van der Waals surface area contributed by atoms with Crippen LogP contribution in [0.4, 0.5) is 0 Å². The SMILES string of the molecule is CCCCCCCCCCCCCCC[C@H]1CC[C@@H](CO)O1. The minimum absolute atomic E-state index is 0.131. The van der Waals surface area contributed by atoms with Gasteiger partial charge in [0.1, 0.15) is 0 Å². The van der Waals surface area contributed by atoms with E-state index in [4.69, 9.17) is 9.84 Å². The van der Waals surface area contributed by atoms with Crippen LogP contribution in [0.3, 0.4) is 0 Å². The molecule has 0 aliphatic carbocycles. The van der Waals surface area contributed by atoms with E-state index in [1.165, 1.54) is 89.9 Å². The number of hydrogen-bond acceptors (Lipinski definition) is 2. The van der Waals surface area contributed by atoms with Crippen molar-refractivity contribution >= 4 is 0 Å². The van der Waals surface area contributed by atoms with Crippen molar-refractivity contribution in [2.24, 2.45) is 0 Å². The molecule has 1 aliphatic rings. The zero-order valence-corrected chi connectivity index (χ0v) is 15.0. The smallest absolute Gasteiger partial charge is 0.0810 e. The maximum atomic E-state index is 9.04. The molecule has 0 radical (unpaired) electrons. The van der Waals surface area contributed by atoms with Crippen molar-refractivity contribution in [3.63, 3.8) is 0 Å². The molecule has 0 unspecified atom stereocenters. The van der Waals surface area contributed by atoms with Gasteiger partial charge in [-0.3, -0.25) is 0 Å². The lowest BCUT2D eigenvalue weighted by Gasteiger charge is -2.11. The van der Waals surface area contributed by atoms with Gasteiger partial charge in [-0.15, -0.1) is 0 Å². The van der Waals surface area contributed by atoms with E-state index < -0.39 is 0 Å². The molecule has 2 atom stereocenters. The van der Waals surface area contributed by atoms with Crippen LogP contribution >= 0.6 is 0 Å². The van der Waals surface area contributed by atoms with Gasteiger partial charge in [0.15, 0.2) is 0 Å². The van der Waals surface area contributed by atoms with E-state index in [1.54, 1.807) is 0 Å². The first-order chi connectivity index (χ1) is 10.9. The fraction of sp³-hybridized carbons (Fsp3) is 1.00. The van der Waals surface area contributed by atoms with Gasteiger partial charge < -0.3 is 9.84 Å². The maximum Gasteiger partial charge on any atom is 0.0810 e. The van der Waals surface area contributed by atoms with Gasteiger partial charge in [0, 0.05) is 0 Å². The normalized spacial score (nSPS) is 21.5.